The summed E-state index contributed by atoms with van der Waals surface area (Å²) in [4.78, 5) is 4.46. The normalized spacial score (nSPS) is 11.9. The Morgan fingerprint density at radius 2 is 1.94 bits per heavy atom. The number of hydrogen-bond acceptors (Lipinski definition) is 3. The van der Waals surface area contributed by atoms with Crippen LogP contribution in [0.1, 0.15) is 45.9 Å². The number of aromatic nitrogens is 1. The number of aliphatic hydroxyl groups is 1. The molecule has 0 aromatic carbocycles. The van der Waals surface area contributed by atoms with E-state index in [9.17, 15) is 5.11 Å². The standard InChI is InChI=1S/C13H21NO2/c1-9(2)16-12-7-10(8-15)6-11(14-12)13(3,4)5/h6-7,9,15H,8H2,1-5H3. The van der Waals surface area contributed by atoms with Gasteiger partial charge in [-0.1, -0.05) is 20.8 Å². The van der Waals surface area contributed by atoms with Gasteiger partial charge in [-0.25, -0.2) is 4.98 Å². The van der Waals surface area contributed by atoms with Gasteiger partial charge in [-0.15, -0.1) is 0 Å². The van der Waals surface area contributed by atoms with Crippen molar-refractivity contribution in [2.75, 3.05) is 0 Å². The predicted molar refractivity (Wildman–Crippen MR) is 64.6 cm³/mol. The smallest absolute Gasteiger partial charge is 0.214 e. The van der Waals surface area contributed by atoms with Crippen LogP contribution in [0.4, 0.5) is 0 Å². The first-order valence-electron chi connectivity index (χ1n) is 5.62. The van der Waals surface area contributed by atoms with Gasteiger partial charge in [0.2, 0.25) is 5.88 Å². The highest BCUT2D eigenvalue weighted by molar-refractivity contribution is 5.28. The van der Waals surface area contributed by atoms with E-state index in [1.165, 1.54) is 0 Å². The molecule has 90 valence electrons. The number of pyridine rings is 1. The van der Waals surface area contributed by atoms with E-state index in [-0.39, 0.29) is 18.1 Å². The van der Waals surface area contributed by atoms with Crippen molar-refractivity contribution in [3.8, 4) is 5.88 Å². The Morgan fingerprint density at radius 1 is 1.31 bits per heavy atom. The average molecular weight is 223 g/mol. The Kier molecular flexibility index (Phi) is 3.92. The van der Waals surface area contributed by atoms with Crippen LogP contribution in [-0.4, -0.2) is 16.2 Å². The fourth-order valence-corrected chi connectivity index (χ4v) is 1.34. The third-order valence-corrected chi connectivity index (χ3v) is 2.17. The fourth-order valence-electron chi connectivity index (χ4n) is 1.34. The van der Waals surface area contributed by atoms with Gasteiger partial charge in [0, 0.05) is 11.5 Å². The molecule has 0 amide bonds. The average Bonchev–Trinajstić information content (AvgIpc) is 2.14. The monoisotopic (exact) mass is 223 g/mol. The zero-order valence-electron chi connectivity index (χ0n) is 10.7. The molecule has 1 aromatic rings. The maximum absolute atomic E-state index is 9.20. The predicted octanol–water partition coefficient (Wildman–Crippen LogP) is 2.66. The largest absolute Gasteiger partial charge is 0.475 e. The zero-order valence-corrected chi connectivity index (χ0v) is 10.7. The van der Waals surface area contributed by atoms with E-state index >= 15 is 0 Å². The molecule has 0 aliphatic heterocycles. The first-order valence-corrected chi connectivity index (χ1v) is 5.62. The van der Waals surface area contributed by atoms with Crippen LogP contribution in [-0.2, 0) is 12.0 Å². The van der Waals surface area contributed by atoms with Crippen molar-refractivity contribution in [1.29, 1.82) is 0 Å². The quantitative estimate of drug-likeness (QED) is 0.856. The van der Waals surface area contributed by atoms with Gasteiger partial charge >= 0.3 is 0 Å². The molecule has 0 aliphatic rings. The maximum atomic E-state index is 9.20. The molecule has 1 N–H and O–H groups in total. The molecule has 0 unspecified atom stereocenters. The van der Waals surface area contributed by atoms with Crippen molar-refractivity contribution < 1.29 is 9.84 Å². The van der Waals surface area contributed by atoms with Gasteiger partial charge in [0.25, 0.3) is 0 Å². The summed E-state index contributed by atoms with van der Waals surface area (Å²) in [6, 6.07) is 3.71. The number of ether oxygens (including phenoxy) is 1. The van der Waals surface area contributed by atoms with Gasteiger partial charge in [0.1, 0.15) is 0 Å². The van der Waals surface area contributed by atoms with Crippen LogP contribution in [0.5, 0.6) is 5.88 Å². The summed E-state index contributed by atoms with van der Waals surface area (Å²) in [6.45, 7) is 10.2. The number of hydrogen-bond donors (Lipinski definition) is 1. The van der Waals surface area contributed by atoms with E-state index in [0.29, 0.717) is 5.88 Å². The molecule has 0 atom stereocenters. The Balaban J connectivity index is 3.11. The zero-order chi connectivity index (χ0) is 12.3. The highest BCUT2D eigenvalue weighted by atomic mass is 16.5. The van der Waals surface area contributed by atoms with Gasteiger partial charge in [-0.2, -0.15) is 0 Å². The Morgan fingerprint density at radius 3 is 2.38 bits per heavy atom. The lowest BCUT2D eigenvalue weighted by Gasteiger charge is -2.20. The van der Waals surface area contributed by atoms with Crippen molar-refractivity contribution in [3.05, 3.63) is 23.4 Å². The van der Waals surface area contributed by atoms with Crippen molar-refractivity contribution in [2.45, 2.75) is 52.7 Å². The number of nitrogens with zero attached hydrogens (tertiary/aromatic N) is 1. The third kappa shape index (κ3) is 3.49. The molecule has 0 spiro atoms. The lowest BCUT2D eigenvalue weighted by molar-refractivity contribution is 0.228. The molecule has 3 heteroatoms. The van der Waals surface area contributed by atoms with Gasteiger partial charge in [0.15, 0.2) is 0 Å². The molecule has 16 heavy (non-hydrogen) atoms. The molecule has 1 aromatic heterocycles. The summed E-state index contributed by atoms with van der Waals surface area (Å²) in [5.41, 5.74) is 1.74. The lowest BCUT2D eigenvalue weighted by atomic mass is 9.91. The Labute approximate surface area is 97.5 Å². The van der Waals surface area contributed by atoms with E-state index in [0.717, 1.165) is 11.3 Å². The second-order valence-corrected chi connectivity index (χ2v) is 5.27. The molecule has 1 rings (SSSR count). The van der Waals surface area contributed by atoms with E-state index in [1.807, 2.05) is 19.9 Å². The van der Waals surface area contributed by atoms with Crippen LogP contribution in [0.2, 0.25) is 0 Å². The first-order chi connectivity index (χ1) is 7.32. The minimum Gasteiger partial charge on any atom is -0.475 e. The second-order valence-electron chi connectivity index (χ2n) is 5.27. The summed E-state index contributed by atoms with van der Waals surface area (Å²) in [5, 5.41) is 9.20. The van der Waals surface area contributed by atoms with Gasteiger partial charge in [0.05, 0.1) is 18.4 Å². The minimum atomic E-state index is -0.0414. The van der Waals surface area contributed by atoms with Gasteiger partial charge in [-0.05, 0) is 25.5 Å². The SMILES string of the molecule is CC(C)Oc1cc(CO)cc(C(C)(C)C)n1. The topological polar surface area (TPSA) is 42.4 Å². The van der Waals surface area contributed by atoms with Crippen molar-refractivity contribution in [2.24, 2.45) is 0 Å². The molecule has 0 fully saturated rings. The Bertz CT molecular complexity index is 353. The summed E-state index contributed by atoms with van der Waals surface area (Å²) >= 11 is 0. The summed E-state index contributed by atoms with van der Waals surface area (Å²) in [6.07, 6.45) is 0.0919. The molecule has 0 aliphatic carbocycles. The lowest BCUT2D eigenvalue weighted by Crippen LogP contribution is -2.16. The van der Waals surface area contributed by atoms with Crippen LogP contribution in [0.15, 0.2) is 12.1 Å². The highest BCUT2D eigenvalue weighted by Crippen LogP contribution is 2.24. The Hall–Kier alpha value is -1.09. The van der Waals surface area contributed by atoms with E-state index in [1.54, 1.807) is 6.07 Å². The molecule has 0 bridgehead atoms. The van der Waals surface area contributed by atoms with Crippen LogP contribution >= 0.6 is 0 Å². The van der Waals surface area contributed by atoms with Crippen LogP contribution in [0.3, 0.4) is 0 Å². The maximum Gasteiger partial charge on any atom is 0.214 e. The van der Waals surface area contributed by atoms with E-state index in [2.05, 4.69) is 25.8 Å². The number of rotatable bonds is 3. The van der Waals surface area contributed by atoms with Gasteiger partial charge in [-0.3, -0.25) is 0 Å². The summed E-state index contributed by atoms with van der Waals surface area (Å²) in [5.74, 6) is 0.589. The fraction of sp³-hybridized carbons (Fsp3) is 0.615. The van der Waals surface area contributed by atoms with E-state index in [4.69, 9.17) is 4.74 Å². The molecule has 3 nitrogen and oxygen atoms in total. The van der Waals surface area contributed by atoms with Crippen LogP contribution in [0.25, 0.3) is 0 Å². The molecular formula is C13H21NO2. The van der Waals surface area contributed by atoms with Crippen LogP contribution in [0, 0.1) is 0 Å². The van der Waals surface area contributed by atoms with Crippen molar-refractivity contribution >= 4 is 0 Å². The third-order valence-electron chi connectivity index (χ3n) is 2.17. The van der Waals surface area contributed by atoms with Crippen molar-refractivity contribution in [1.82, 2.24) is 4.98 Å². The molecule has 0 saturated heterocycles. The van der Waals surface area contributed by atoms with Gasteiger partial charge < -0.3 is 9.84 Å². The molecule has 0 radical (unpaired) electrons. The number of aliphatic hydroxyl groups excluding tert-OH is 1. The summed E-state index contributed by atoms with van der Waals surface area (Å²) < 4.78 is 5.57. The highest BCUT2D eigenvalue weighted by Gasteiger charge is 2.17. The first kappa shape index (κ1) is 13.0. The van der Waals surface area contributed by atoms with Crippen LogP contribution < -0.4 is 4.74 Å². The minimum absolute atomic E-state index is 0.0139. The molecule has 1 heterocycles. The molecular weight excluding hydrogens is 202 g/mol. The molecule has 0 saturated carbocycles. The van der Waals surface area contributed by atoms with Crippen molar-refractivity contribution in [3.63, 3.8) is 0 Å². The summed E-state index contributed by atoms with van der Waals surface area (Å²) in [7, 11) is 0. The second kappa shape index (κ2) is 4.83. The van der Waals surface area contributed by atoms with E-state index < -0.39 is 0 Å².